The molecule has 0 spiro atoms. The molecule has 0 heterocycles. The Morgan fingerprint density at radius 1 is 1.10 bits per heavy atom. The molecule has 3 rings (SSSR count). The topological polar surface area (TPSA) is 23.5 Å². The maximum atomic E-state index is 10.9. The summed E-state index contributed by atoms with van der Waals surface area (Å²) in [6.07, 6.45) is 1.76. The Kier molecular flexibility index (Phi) is 4.01. The lowest BCUT2D eigenvalue weighted by Gasteiger charge is -2.31. The average molecular weight is 283 g/mol. The van der Waals surface area contributed by atoms with Crippen molar-refractivity contribution >= 4 is 10.8 Å². The van der Waals surface area contributed by atoms with Crippen LogP contribution in [0.25, 0.3) is 10.8 Å². The van der Waals surface area contributed by atoms with Gasteiger partial charge in [0.05, 0.1) is 6.10 Å². The van der Waals surface area contributed by atoms with E-state index in [1.807, 2.05) is 0 Å². The van der Waals surface area contributed by atoms with Gasteiger partial charge in [0, 0.05) is 6.04 Å². The fraction of sp³-hybridized carbons (Fsp3) is 0.474. The molecule has 21 heavy (non-hydrogen) atoms. The Hall–Kier alpha value is -1.38. The first-order valence-electron chi connectivity index (χ1n) is 8.12. The number of rotatable bonds is 5. The Morgan fingerprint density at radius 2 is 1.86 bits per heavy atom. The molecule has 0 aliphatic heterocycles. The van der Waals surface area contributed by atoms with Crippen molar-refractivity contribution in [1.29, 1.82) is 0 Å². The molecule has 0 bridgehead atoms. The summed E-state index contributed by atoms with van der Waals surface area (Å²) in [5.74, 6) is 0. The van der Waals surface area contributed by atoms with Crippen LogP contribution in [-0.4, -0.2) is 29.1 Å². The minimum absolute atomic E-state index is 0.154. The number of aryl methyl sites for hydroxylation is 2. The zero-order valence-electron chi connectivity index (χ0n) is 13.3. The van der Waals surface area contributed by atoms with Crippen LogP contribution in [0.3, 0.4) is 0 Å². The normalized spacial score (nSPS) is 16.6. The van der Waals surface area contributed by atoms with Crippen LogP contribution in [0.5, 0.6) is 0 Å². The van der Waals surface area contributed by atoms with Crippen molar-refractivity contribution < 1.29 is 5.11 Å². The molecule has 0 aromatic heterocycles. The molecule has 2 atom stereocenters. The van der Waals surface area contributed by atoms with E-state index in [1.54, 1.807) is 0 Å². The largest absolute Gasteiger partial charge is 0.387 e. The molecule has 0 saturated heterocycles. The molecule has 112 valence electrons. The van der Waals surface area contributed by atoms with Crippen molar-refractivity contribution in [3.05, 3.63) is 47.0 Å². The van der Waals surface area contributed by atoms with E-state index < -0.39 is 6.10 Å². The monoisotopic (exact) mass is 283 g/mol. The van der Waals surface area contributed by atoms with Gasteiger partial charge in [-0.1, -0.05) is 44.2 Å². The first-order valence-corrected chi connectivity index (χ1v) is 8.12. The molecular weight excluding hydrogens is 258 g/mol. The SMILES string of the molecule is CCN(CC)[C@@H](C)[C@@H](O)c1ccc2cccc3c2c1CC3. The van der Waals surface area contributed by atoms with Crippen LogP contribution in [0.1, 0.15) is 43.6 Å². The summed E-state index contributed by atoms with van der Waals surface area (Å²) in [7, 11) is 0. The highest BCUT2D eigenvalue weighted by Crippen LogP contribution is 2.36. The molecule has 0 saturated carbocycles. The Balaban J connectivity index is 2.03. The molecule has 0 radical (unpaired) electrons. The van der Waals surface area contributed by atoms with Crippen LogP contribution in [0.15, 0.2) is 30.3 Å². The van der Waals surface area contributed by atoms with Gasteiger partial charge in [-0.25, -0.2) is 0 Å². The molecule has 1 aliphatic carbocycles. The van der Waals surface area contributed by atoms with Gasteiger partial charge < -0.3 is 5.11 Å². The van der Waals surface area contributed by atoms with E-state index in [0.717, 1.165) is 31.5 Å². The zero-order valence-corrected chi connectivity index (χ0v) is 13.3. The highest BCUT2D eigenvalue weighted by Gasteiger charge is 2.26. The van der Waals surface area contributed by atoms with E-state index >= 15 is 0 Å². The maximum Gasteiger partial charge on any atom is 0.0945 e. The number of likely N-dealkylation sites (N-methyl/N-ethyl adjacent to an activating group) is 1. The number of hydrogen-bond donors (Lipinski definition) is 1. The third-order valence-electron chi connectivity index (χ3n) is 5.08. The van der Waals surface area contributed by atoms with Gasteiger partial charge in [-0.2, -0.15) is 0 Å². The highest BCUT2D eigenvalue weighted by atomic mass is 16.3. The molecule has 0 fully saturated rings. The van der Waals surface area contributed by atoms with Gasteiger partial charge in [0.1, 0.15) is 0 Å². The van der Waals surface area contributed by atoms with E-state index in [2.05, 4.69) is 56.0 Å². The van der Waals surface area contributed by atoms with Gasteiger partial charge in [-0.15, -0.1) is 0 Å². The summed E-state index contributed by atoms with van der Waals surface area (Å²) in [5.41, 5.74) is 3.94. The molecule has 2 nitrogen and oxygen atoms in total. The lowest BCUT2D eigenvalue weighted by Crippen LogP contribution is -2.37. The van der Waals surface area contributed by atoms with Crippen LogP contribution in [0.4, 0.5) is 0 Å². The lowest BCUT2D eigenvalue weighted by atomic mass is 9.93. The number of aliphatic hydroxyl groups excluding tert-OH is 1. The second-order valence-electron chi connectivity index (χ2n) is 6.06. The lowest BCUT2D eigenvalue weighted by molar-refractivity contribution is 0.0633. The van der Waals surface area contributed by atoms with Crippen molar-refractivity contribution in [1.82, 2.24) is 4.90 Å². The number of benzene rings is 2. The standard InChI is InChI=1S/C19H25NO/c1-4-20(5-2)13(3)19(21)17-12-10-15-8-6-7-14-9-11-16(17)18(14)15/h6-8,10,12-13,19,21H,4-5,9,11H2,1-3H3/t13-,19+/m0/s1. The fourth-order valence-corrected chi connectivity index (χ4v) is 3.82. The van der Waals surface area contributed by atoms with Crippen LogP contribution in [-0.2, 0) is 12.8 Å². The van der Waals surface area contributed by atoms with E-state index in [0.29, 0.717) is 0 Å². The van der Waals surface area contributed by atoms with Crippen molar-refractivity contribution in [2.45, 2.75) is 45.8 Å². The van der Waals surface area contributed by atoms with Crippen molar-refractivity contribution in [3.63, 3.8) is 0 Å². The Labute approximate surface area is 127 Å². The minimum atomic E-state index is -0.407. The van der Waals surface area contributed by atoms with Gasteiger partial charge in [-0.05, 0) is 60.3 Å². The van der Waals surface area contributed by atoms with E-state index in [9.17, 15) is 5.11 Å². The van der Waals surface area contributed by atoms with E-state index in [4.69, 9.17) is 0 Å². The second kappa shape index (κ2) is 5.78. The van der Waals surface area contributed by atoms with Gasteiger partial charge in [0.2, 0.25) is 0 Å². The van der Waals surface area contributed by atoms with Crippen molar-refractivity contribution in [2.75, 3.05) is 13.1 Å². The van der Waals surface area contributed by atoms with E-state index in [1.165, 1.54) is 21.9 Å². The Bertz CT molecular complexity index is 645. The van der Waals surface area contributed by atoms with Crippen LogP contribution in [0, 0.1) is 0 Å². The van der Waals surface area contributed by atoms with Gasteiger partial charge in [-0.3, -0.25) is 4.90 Å². The predicted octanol–water partition coefficient (Wildman–Crippen LogP) is 3.70. The molecular formula is C19H25NO. The third kappa shape index (κ3) is 2.37. The van der Waals surface area contributed by atoms with Crippen molar-refractivity contribution in [2.24, 2.45) is 0 Å². The maximum absolute atomic E-state index is 10.9. The molecule has 0 unspecified atom stereocenters. The van der Waals surface area contributed by atoms with Crippen LogP contribution >= 0.6 is 0 Å². The number of hydrogen-bond acceptors (Lipinski definition) is 2. The molecule has 2 heteroatoms. The minimum Gasteiger partial charge on any atom is -0.387 e. The van der Waals surface area contributed by atoms with Gasteiger partial charge in [0.25, 0.3) is 0 Å². The predicted molar refractivity (Wildman–Crippen MR) is 88.7 cm³/mol. The van der Waals surface area contributed by atoms with E-state index in [-0.39, 0.29) is 6.04 Å². The highest BCUT2D eigenvalue weighted by molar-refractivity contribution is 5.91. The quantitative estimate of drug-likeness (QED) is 0.904. The zero-order chi connectivity index (χ0) is 15.0. The summed E-state index contributed by atoms with van der Waals surface area (Å²) in [6.45, 7) is 8.40. The van der Waals surface area contributed by atoms with Gasteiger partial charge >= 0.3 is 0 Å². The molecule has 2 aromatic carbocycles. The number of aliphatic hydroxyl groups is 1. The fourth-order valence-electron chi connectivity index (χ4n) is 3.82. The summed E-state index contributed by atoms with van der Waals surface area (Å²) in [4.78, 5) is 2.32. The molecule has 2 aromatic rings. The summed E-state index contributed by atoms with van der Waals surface area (Å²) >= 11 is 0. The number of nitrogens with zero attached hydrogens (tertiary/aromatic N) is 1. The summed E-state index contributed by atoms with van der Waals surface area (Å²) in [5, 5.41) is 13.6. The Morgan fingerprint density at radius 3 is 2.57 bits per heavy atom. The average Bonchev–Trinajstić information content (AvgIpc) is 2.94. The van der Waals surface area contributed by atoms with Crippen molar-refractivity contribution in [3.8, 4) is 0 Å². The summed E-state index contributed by atoms with van der Waals surface area (Å²) < 4.78 is 0. The molecule has 1 aliphatic rings. The van der Waals surface area contributed by atoms with Crippen LogP contribution < -0.4 is 0 Å². The molecule has 0 amide bonds. The third-order valence-corrected chi connectivity index (χ3v) is 5.08. The first-order chi connectivity index (χ1) is 10.2. The first kappa shape index (κ1) is 14.6. The van der Waals surface area contributed by atoms with Gasteiger partial charge in [0.15, 0.2) is 0 Å². The molecule has 1 N–H and O–H groups in total. The van der Waals surface area contributed by atoms with Crippen LogP contribution in [0.2, 0.25) is 0 Å². The summed E-state index contributed by atoms with van der Waals surface area (Å²) in [6, 6.07) is 11.0. The second-order valence-corrected chi connectivity index (χ2v) is 6.06. The smallest absolute Gasteiger partial charge is 0.0945 e.